The van der Waals surface area contributed by atoms with Gasteiger partial charge in [0.05, 0.1) is 36.4 Å². The van der Waals surface area contributed by atoms with Crippen molar-refractivity contribution in [1.82, 2.24) is 9.78 Å². The van der Waals surface area contributed by atoms with Gasteiger partial charge in [-0.1, -0.05) is 24.8 Å². The van der Waals surface area contributed by atoms with Crippen molar-refractivity contribution in [3.05, 3.63) is 74.5 Å². The number of nitrogens with one attached hydrogen (secondary N) is 1. The number of carbonyl (C=O) groups excluding carboxylic acids is 1. The molecule has 2 aromatic carbocycles. The molecule has 1 heterocycles. The van der Waals surface area contributed by atoms with E-state index in [1.165, 1.54) is 36.1 Å². The van der Waals surface area contributed by atoms with Crippen LogP contribution in [0, 0.1) is 0 Å². The third-order valence-electron chi connectivity index (χ3n) is 4.09. The molecule has 0 amide bonds. The molecule has 1 N–H and O–H groups in total. The molecule has 0 atom stereocenters. The molecule has 0 aliphatic rings. The molecule has 0 aliphatic heterocycles. The number of H-pyrrole nitrogens is 1. The van der Waals surface area contributed by atoms with Crippen LogP contribution in [-0.4, -0.2) is 30.0 Å². The number of aromatic amines is 1. The van der Waals surface area contributed by atoms with Gasteiger partial charge >= 0.3 is 0 Å². The van der Waals surface area contributed by atoms with E-state index in [1.54, 1.807) is 31.4 Å². The zero-order chi connectivity index (χ0) is 19.6. The Kier molecular flexibility index (Phi) is 4.85. The highest BCUT2D eigenvalue weighted by atomic mass is 16.5. The first-order valence-corrected chi connectivity index (χ1v) is 8.00. The topological polar surface area (TPSA) is 96.4 Å². The summed E-state index contributed by atoms with van der Waals surface area (Å²) in [6.45, 7) is 3.88. The van der Waals surface area contributed by atoms with Crippen LogP contribution in [0.3, 0.4) is 0 Å². The number of hydrogen-bond acceptors (Lipinski definition) is 5. The zero-order valence-corrected chi connectivity index (χ0v) is 14.8. The van der Waals surface area contributed by atoms with Crippen molar-refractivity contribution in [2.24, 2.45) is 0 Å². The Morgan fingerprint density at radius 3 is 2.37 bits per heavy atom. The smallest absolute Gasteiger partial charge is 0.279 e. The maximum absolute atomic E-state index is 12.8. The monoisotopic (exact) mass is 365 g/mol. The largest absolute Gasteiger partial charge is 0.545 e. The molecule has 0 saturated heterocycles. The van der Waals surface area contributed by atoms with Crippen molar-refractivity contribution in [2.45, 2.75) is 0 Å². The number of carbonyl (C=O) groups is 1. The van der Waals surface area contributed by atoms with E-state index in [1.807, 2.05) is 0 Å². The molecule has 0 spiro atoms. The maximum Gasteiger partial charge on any atom is 0.279 e. The number of methoxy groups -OCH3 is 2. The van der Waals surface area contributed by atoms with E-state index < -0.39 is 5.97 Å². The summed E-state index contributed by atoms with van der Waals surface area (Å²) in [4.78, 5) is 23.6. The van der Waals surface area contributed by atoms with E-state index in [-0.39, 0.29) is 11.1 Å². The average molecular weight is 365 g/mol. The number of hydrogen-bond donors (Lipinski definition) is 1. The third-order valence-corrected chi connectivity index (χ3v) is 4.09. The molecule has 1 aromatic heterocycles. The van der Waals surface area contributed by atoms with Gasteiger partial charge in [-0.05, 0) is 41.5 Å². The van der Waals surface area contributed by atoms with Crippen molar-refractivity contribution < 1.29 is 19.4 Å². The highest BCUT2D eigenvalue weighted by Gasteiger charge is 2.07. The fraction of sp³-hybridized carbons (Fsp3) is 0.100. The summed E-state index contributed by atoms with van der Waals surface area (Å²) in [6, 6.07) is 11.1. The molecule has 0 fully saturated rings. The van der Waals surface area contributed by atoms with Gasteiger partial charge in [0.15, 0.2) is 11.5 Å². The molecule has 0 aliphatic carbocycles. The van der Waals surface area contributed by atoms with Crippen molar-refractivity contribution >= 4 is 18.6 Å². The quantitative estimate of drug-likeness (QED) is 0.675. The SMILES string of the molecule is C=c1[nH]n(-c2ccc(C(=O)[O-])cc2)c(=O)/c1=C/c1ccc(OC)c(OC)c1. The van der Waals surface area contributed by atoms with Gasteiger partial charge in [0.2, 0.25) is 0 Å². The molecule has 3 aromatic rings. The highest BCUT2D eigenvalue weighted by Crippen LogP contribution is 2.27. The summed E-state index contributed by atoms with van der Waals surface area (Å²) in [6.07, 6.45) is 1.69. The number of benzene rings is 2. The molecule has 0 unspecified atom stereocenters. The molecule has 27 heavy (non-hydrogen) atoms. The van der Waals surface area contributed by atoms with E-state index in [4.69, 9.17) is 9.47 Å². The van der Waals surface area contributed by atoms with E-state index in [0.29, 0.717) is 27.8 Å². The fourth-order valence-corrected chi connectivity index (χ4v) is 2.68. The Bertz CT molecular complexity index is 1160. The number of ether oxygens (including phenoxy) is 2. The van der Waals surface area contributed by atoms with Crippen LogP contribution in [0.25, 0.3) is 18.3 Å². The minimum absolute atomic E-state index is 0.0327. The van der Waals surface area contributed by atoms with Crippen LogP contribution in [0.1, 0.15) is 15.9 Å². The number of carboxylic acids is 1. The van der Waals surface area contributed by atoms with E-state index in [9.17, 15) is 14.7 Å². The first-order valence-electron chi connectivity index (χ1n) is 8.00. The number of aromatic nitrogens is 2. The summed E-state index contributed by atoms with van der Waals surface area (Å²) < 4.78 is 11.8. The molecule has 0 bridgehead atoms. The van der Waals surface area contributed by atoms with Gasteiger partial charge in [0.1, 0.15) is 0 Å². The lowest BCUT2D eigenvalue weighted by molar-refractivity contribution is -0.255. The van der Waals surface area contributed by atoms with E-state index in [2.05, 4.69) is 11.7 Å². The molecule has 3 rings (SSSR count). The molecule has 138 valence electrons. The van der Waals surface area contributed by atoms with Crippen LogP contribution in [0.15, 0.2) is 47.3 Å². The standard InChI is InChI=1S/C20H18N2O5/c1-12-16(10-13-4-9-17(26-2)18(11-13)27-3)19(23)22(21-12)15-7-5-14(6-8-15)20(24)25/h4-11,21H,1H2,2-3H3,(H,24,25)/p-1/b16-10+. The summed E-state index contributed by atoms with van der Waals surface area (Å²) in [5.74, 6) is -0.143. The van der Waals surface area contributed by atoms with Crippen LogP contribution < -0.4 is 30.7 Å². The minimum Gasteiger partial charge on any atom is -0.545 e. The third kappa shape index (κ3) is 3.48. The van der Waals surface area contributed by atoms with Crippen LogP contribution in [0.4, 0.5) is 0 Å². The van der Waals surface area contributed by atoms with E-state index in [0.717, 1.165) is 5.56 Å². The lowest BCUT2D eigenvalue weighted by atomic mass is 10.1. The van der Waals surface area contributed by atoms with Crippen molar-refractivity contribution in [3.8, 4) is 17.2 Å². The highest BCUT2D eigenvalue weighted by molar-refractivity contribution is 5.85. The Balaban J connectivity index is 2.09. The number of aromatic carboxylic acids is 1. The first-order chi connectivity index (χ1) is 12.9. The van der Waals surface area contributed by atoms with Crippen LogP contribution >= 0.6 is 0 Å². The molecular formula is C20H17N2O5-. The Morgan fingerprint density at radius 1 is 1.11 bits per heavy atom. The Labute approximate surface area is 154 Å². The van der Waals surface area contributed by atoms with Crippen molar-refractivity contribution in [3.63, 3.8) is 0 Å². The van der Waals surface area contributed by atoms with Gasteiger partial charge in [0, 0.05) is 0 Å². The predicted molar refractivity (Wildman–Crippen MR) is 98.6 cm³/mol. The summed E-state index contributed by atoms with van der Waals surface area (Å²) >= 11 is 0. The molecule has 0 saturated carbocycles. The lowest BCUT2D eigenvalue weighted by Crippen LogP contribution is -2.34. The maximum atomic E-state index is 12.8. The summed E-state index contributed by atoms with van der Waals surface area (Å²) in [5, 5.41) is 14.6. The molecule has 7 nitrogen and oxygen atoms in total. The average Bonchev–Trinajstić information content (AvgIpc) is 2.96. The number of nitrogens with zero attached hydrogens (tertiary/aromatic N) is 1. The van der Waals surface area contributed by atoms with Crippen LogP contribution in [-0.2, 0) is 0 Å². The van der Waals surface area contributed by atoms with Gasteiger partial charge in [-0.2, -0.15) is 0 Å². The van der Waals surface area contributed by atoms with Gasteiger partial charge in [-0.3, -0.25) is 9.89 Å². The molecule has 0 radical (unpaired) electrons. The predicted octanol–water partition coefficient (Wildman–Crippen LogP) is -0.215. The second kappa shape index (κ2) is 7.25. The summed E-state index contributed by atoms with van der Waals surface area (Å²) in [5.41, 5.74) is 0.955. The van der Waals surface area contributed by atoms with Gasteiger partial charge in [-0.25, -0.2) is 4.68 Å². The van der Waals surface area contributed by atoms with Crippen molar-refractivity contribution in [1.29, 1.82) is 0 Å². The van der Waals surface area contributed by atoms with Crippen LogP contribution in [0.2, 0.25) is 0 Å². The fourth-order valence-electron chi connectivity index (χ4n) is 2.68. The Hall–Kier alpha value is -3.74. The lowest BCUT2D eigenvalue weighted by Gasteiger charge is -2.07. The minimum atomic E-state index is -1.28. The van der Waals surface area contributed by atoms with Crippen LogP contribution in [0.5, 0.6) is 11.5 Å². The number of rotatable bonds is 5. The zero-order valence-electron chi connectivity index (χ0n) is 14.8. The second-order valence-corrected chi connectivity index (χ2v) is 5.74. The van der Waals surface area contributed by atoms with Crippen molar-refractivity contribution in [2.75, 3.05) is 14.2 Å². The second-order valence-electron chi connectivity index (χ2n) is 5.74. The number of carboxylic acid groups (broad SMARTS) is 1. The van der Waals surface area contributed by atoms with Gasteiger partial charge < -0.3 is 19.4 Å². The Morgan fingerprint density at radius 2 is 1.78 bits per heavy atom. The molecule has 7 heteroatoms. The van der Waals surface area contributed by atoms with E-state index >= 15 is 0 Å². The summed E-state index contributed by atoms with van der Waals surface area (Å²) in [7, 11) is 3.08. The normalized spacial score (nSPS) is 11.4. The van der Waals surface area contributed by atoms with Gasteiger partial charge in [-0.15, -0.1) is 0 Å². The molecular weight excluding hydrogens is 348 g/mol. The first kappa shape index (κ1) is 18.1. The van der Waals surface area contributed by atoms with Gasteiger partial charge in [0.25, 0.3) is 5.56 Å².